The smallest absolute Gasteiger partial charge is 0.246 e. The van der Waals surface area contributed by atoms with Crippen molar-refractivity contribution in [1.29, 1.82) is 0 Å². The molecule has 6 nitrogen and oxygen atoms in total. The summed E-state index contributed by atoms with van der Waals surface area (Å²) in [6.45, 7) is 6.65. The van der Waals surface area contributed by atoms with Crippen LogP contribution in [0.25, 0.3) is 6.08 Å². The van der Waals surface area contributed by atoms with Crippen LogP contribution in [-0.4, -0.2) is 42.8 Å². The quantitative estimate of drug-likeness (QED) is 0.723. The molecular weight excluding hydrogens is 390 g/mol. The molecular formula is C25H29N3O3. The van der Waals surface area contributed by atoms with E-state index < -0.39 is 0 Å². The zero-order valence-corrected chi connectivity index (χ0v) is 18.6. The summed E-state index contributed by atoms with van der Waals surface area (Å²) in [6, 6.07) is 11.6. The largest absolute Gasteiger partial charge is 0.333 e. The molecule has 0 bridgehead atoms. The van der Waals surface area contributed by atoms with E-state index in [1.54, 1.807) is 18.0 Å². The van der Waals surface area contributed by atoms with Crippen LogP contribution in [0.15, 0.2) is 42.5 Å². The maximum absolute atomic E-state index is 12.4. The third-order valence-electron chi connectivity index (χ3n) is 5.39. The van der Waals surface area contributed by atoms with Gasteiger partial charge in [-0.2, -0.15) is 0 Å². The topological polar surface area (TPSA) is 69.7 Å². The zero-order chi connectivity index (χ0) is 22.5. The lowest BCUT2D eigenvalue weighted by molar-refractivity contribution is -0.129. The second-order valence-electron chi connectivity index (χ2n) is 8.09. The van der Waals surface area contributed by atoms with E-state index in [-0.39, 0.29) is 24.3 Å². The second-order valence-corrected chi connectivity index (χ2v) is 8.09. The molecule has 0 unspecified atom stereocenters. The lowest BCUT2D eigenvalue weighted by Gasteiger charge is -2.17. The van der Waals surface area contributed by atoms with Crippen LogP contribution in [0.4, 0.5) is 11.4 Å². The Kier molecular flexibility index (Phi) is 6.90. The number of amides is 3. The van der Waals surface area contributed by atoms with Crippen molar-refractivity contribution in [3.05, 3.63) is 64.7 Å². The number of likely N-dealkylation sites (N-methyl/N-ethyl adjacent to an activating group) is 1. The lowest BCUT2D eigenvalue weighted by atomic mass is 10.1. The molecule has 0 spiro atoms. The maximum Gasteiger partial charge on any atom is 0.246 e. The number of carbonyl (C=O) groups excluding carboxylic acids is 3. The molecule has 1 N–H and O–H groups in total. The van der Waals surface area contributed by atoms with Crippen molar-refractivity contribution in [2.24, 2.45) is 0 Å². The summed E-state index contributed by atoms with van der Waals surface area (Å²) in [5.41, 5.74) is 5.67. The minimum atomic E-state index is -0.258. The minimum Gasteiger partial charge on any atom is -0.333 e. The Morgan fingerprint density at radius 3 is 2.32 bits per heavy atom. The normalized spacial score (nSPS) is 13.7. The van der Waals surface area contributed by atoms with Crippen molar-refractivity contribution < 1.29 is 14.4 Å². The Hall–Kier alpha value is -3.41. The van der Waals surface area contributed by atoms with Gasteiger partial charge < -0.3 is 15.1 Å². The van der Waals surface area contributed by atoms with Gasteiger partial charge in [0.25, 0.3) is 0 Å². The van der Waals surface area contributed by atoms with Crippen LogP contribution < -0.4 is 10.2 Å². The van der Waals surface area contributed by atoms with Crippen LogP contribution in [0.1, 0.15) is 35.1 Å². The summed E-state index contributed by atoms with van der Waals surface area (Å²) in [6.07, 6.45) is 4.64. The van der Waals surface area contributed by atoms with Crippen molar-refractivity contribution in [3.63, 3.8) is 0 Å². The van der Waals surface area contributed by atoms with E-state index in [0.29, 0.717) is 6.42 Å². The molecule has 31 heavy (non-hydrogen) atoms. The molecule has 2 aromatic carbocycles. The Balaban J connectivity index is 1.56. The third-order valence-corrected chi connectivity index (χ3v) is 5.39. The van der Waals surface area contributed by atoms with Crippen LogP contribution in [-0.2, 0) is 14.4 Å². The van der Waals surface area contributed by atoms with Crippen molar-refractivity contribution >= 4 is 35.2 Å². The highest BCUT2D eigenvalue weighted by Gasteiger charge is 2.21. The van der Waals surface area contributed by atoms with Gasteiger partial charge in [0, 0.05) is 37.5 Å². The summed E-state index contributed by atoms with van der Waals surface area (Å²) in [7, 11) is 1.60. The summed E-state index contributed by atoms with van der Waals surface area (Å²) in [5.74, 6) is -0.348. The number of hydrogen-bond acceptors (Lipinski definition) is 3. The number of aryl methyl sites for hydroxylation is 3. The van der Waals surface area contributed by atoms with Gasteiger partial charge in [0.2, 0.25) is 17.7 Å². The number of nitrogens with zero attached hydrogens (tertiary/aromatic N) is 2. The molecule has 1 heterocycles. The number of rotatable bonds is 6. The average Bonchev–Trinajstić information content (AvgIpc) is 3.15. The maximum atomic E-state index is 12.4. The number of hydrogen-bond donors (Lipinski definition) is 1. The van der Waals surface area contributed by atoms with Gasteiger partial charge in [-0.05, 0) is 62.1 Å². The summed E-state index contributed by atoms with van der Waals surface area (Å²) in [5, 5.41) is 2.91. The molecule has 6 heteroatoms. The van der Waals surface area contributed by atoms with Crippen LogP contribution in [0.2, 0.25) is 0 Å². The fraction of sp³-hybridized carbons (Fsp3) is 0.320. The molecule has 0 radical (unpaired) electrons. The summed E-state index contributed by atoms with van der Waals surface area (Å²) >= 11 is 0. The van der Waals surface area contributed by atoms with Crippen LogP contribution in [0.5, 0.6) is 0 Å². The van der Waals surface area contributed by atoms with Crippen molar-refractivity contribution in [2.75, 3.05) is 30.4 Å². The molecule has 1 saturated heterocycles. The lowest BCUT2D eigenvalue weighted by Crippen LogP contribution is -2.34. The van der Waals surface area contributed by atoms with Gasteiger partial charge in [-0.15, -0.1) is 0 Å². The van der Waals surface area contributed by atoms with E-state index >= 15 is 0 Å². The Morgan fingerprint density at radius 2 is 1.74 bits per heavy atom. The molecule has 162 valence electrons. The molecule has 3 amide bonds. The first kappa shape index (κ1) is 22.3. The Morgan fingerprint density at radius 1 is 1.10 bits per heavy atom. The predicted molar refractivity (Wildman–Crippen MR) is 124 cm³/mol. The minimum absolute atomic E-state index is 0.0358. The van der Waals surface area contributed by atoms with Gasteiger partial charge in [0.1, 0.15) is 0 Å². The first-order valence-electron chi connectivity index (χ1n) is 10.5. The van der Waals surface area contributed by atoms with Crippen molar-refractivity contribution in [2.45, 2.75) is 33.6 Å². The molecule has 2 aromatic rings. The monoisotopic (exact) mass is 419 g/mol. The van der Waals surface area contributed by atoms with Gasteiger partial charge in [0.15, 0.2) is 0 Å². The van der Waals surface area contributed by atoms with Crippen LogP contribution in [0.3, 0.4) is 0 Å². The Labute approximate surface area is 183 Å². The molecule has 0 saturated carbocycles. The van der Waals surface area contributed by atoms with E-state index in [9.17, 15) is 14.4 Å². The molecule has 0 atom stereocenters. The summed E-state index contributed by atoms with van der Waals surface area (Å²) in [4.78, 5) is 39.8. The van der Waals surface area contributed by atoms with Gasteiger partial charge >= 0.3 is 0 Å². The number of anilines is 2. The van der Waals surface area contributed by atoms with E-state index in [4.69, 9.17) is 0 Å². The van der Waals surface area contributed by atoms with Crippen molar-refractivity contribution in [1.82, 2.24) is 4.90 Å². The predicted octanol–water partition coefficient (Wildman–Crippen LogP) is 3.85. The van der Waals surface area contributed by atoms with E-state index in [2.05, 4.69) is 5.32 Å². The van der Waals surface area contributed by atoms with Crippen LogP contribution >= 0.6 is 0 Å². The summed E-state index contributed by atoms with van der Waals surface area (Å²) < 4.78 is 0. The molecule has 0 aromatic heterocycles. The van der Waals surface area contributed by atoms with Gasteiger partial charge in [0.05, 0.1) is 6.54 Å². The fourth-order valence-corrected chi connectivity index (χ4v) is 3.83. The van der Waals surface area contributed by atoms with E-state index in [1.807, 2.05) is 57.2 Å². The molecule has 3 rings (SSSR count). The van der Waals surface area contributed by atoms with E-state index in [0.717, 1.165) is 46.6 Å². The van der Waals surface area contributed by atoms with Crippen molar-refractivity contribution in [3.8, 4) is 0 Å². The van der Waals surface area contributed by atoms with Gasteiger partial charge in [-0.3, -0.25) is 14.4 Å². The highest BCUT2D eigenvalue weighted by molar-refractivity contribution is 5.99. The van der Waals surface area contributed by atoms with Crippen LogP contribution in [0, 0.1) is 20.8 Å². The van der Waals surface area contributed by atoms with Gasteiger partial charge in [-0.25, -0.2) is 0 Å². The van der Waals surface area contributed by atoms with Gasteiger partial charge in [-0.1, -0.05) is 29.8 Å². The first-order chi connectivity index (χ1) is 14.7. The second kappa shape index (κ2) is 9.60. The van der Waals surface area contributed by atoms with E-state index in [1.165, 1.54) is 11.0 Å². The highest BCUT2D eigenvalue weighted by Crippen LogP contribution is 2.23. The fourth-order valence-electron chi connectivity index (χ4n) is 3.83. The molecule has 0 aliphatic carbocycles. The number of nitrogens with one attached hydrogen (secondary N) is 1. The average molecular weight is 420 g/mol. The zero-order valence-electron chi connectivity index (χ0n) is 18.6. The number of carbonyl (C=O) groups is 3. The first-order valence-corrected chi connectivity index (χ1v) is 10.5. The molecule has 1 fully saturated rings. The standard InChI is InChI=1S/C25H29N3O3/c1-17-14-18(2)25(19(3)15-17)26-22(29)16-27(4)23(30)12-9-20-7-10-21(11-8-20)28-13-5-6-24(28)31/h7-12,14-15H,5-6,13,16H2,1-4H3,(H,26,29)/b12-9+. The number of benzene rings is 2. The third kappa shape index (κ3) is 5.60. The highest BCUT2D eigenvalue weighted by atomic mass is 16.2. The Bertz CT molecular complexity index is 1000. The molecule has 1 aliphatic heterocycles. The molecule has 1 aliphatic rings. The SMILES string of the molecule is Cc1cc(C)c(NC(=O)CN(C)C(=O)/C=C/c2ccc(N3CCCC3=O)cc2)c(C)c1.